The zero-order chi connectivity index (χ0) is 26.1. The summed E-state index contributed by atoms with van der Waals surface area (Å²) in [6.45, 7) is 0.207. The summed E-state index contributed by atoms with van der Waals surface area (Å²) in [7, 11) is 0. The molecule has 6 nitrogen and oxygen atoms in total. The number of rotatable bonds is 7. The van der Waals surface area contributed by atoms with Gasteiger partial charge >= 0.3 is 5.69 Å². The Kier molecular flexibility index (Phi) is 8.82. The van der Waals surface area contributed by atoms with Crippen molar-refractivity contribution in [1.29, 1.82) is 0 Å². The molecule has 186 valence electrons. The molecule has 0 aliphatic carbocycles. The predicted molar refractivity (Wildman–Crippen MR) is 125 cm³/mol. The van der Waals surface area contributed by atoms with Crippen LogP contribution in [0, 0.1) is 33.4 Å². The van der Waals surface area contributed by atoms with Gasteiger partial charge in [-0.25, -0.2) is 13.2 Å². The fraction of sp³-hybridized carbons (Fsp3) is 0.0769. The van der Waals surface area contributed by atoms with E-state index in [4.69, 9.17) is 15.2 Å². The van der Waals surface area contributed by atoms with Crippen molar-refractivity contribution in [3.8, 4) is 11.5 Å². The number of benzene rings is 4. The third-order valence-corrected chi connectivity index (χ3v) is 4.71. The number of hydrogen-bond donors (Lipinski definition) is 1. The molecule has 4 aromatic carbocycles. The van der Waals surface area contributed by atoms with E-state index in [-0.39, 0.29) is 24.7 Å². The summed E-state index contributed by atoms with van der Waals surface area (Å²) in [5, 5.41) is 10.7. The van der Waals surface area contributed by atoms with E-state index in [0.717, 1.165) is 29.3 Å². The van der Waals surface area contributed by atoms with Crippen LogP contribution in [0.1, 0.15) is 11.1 Å². The lowest BCUT2D eigenvalue weighted by molar-refractivity contribution is -0.388. The van der Waals surface area contributed by atoms with Crippen LogP contribution in [0.5, 0.6) is 11.5 Å². The van der Waals surface area contributed by atoms with Crippen molar-refractivity contribution in [2.75, 3.05) is 5.73 Å². The van der Waals surface area contributed by atoms with Crippen LogP contribution in [-0.4, -0.2) is 4.92 Å². The Bertz CT molecular complexity index is 1320. The molecule has 0 bridgehead atoms. The molecule has 0 atom stereocenters. The summed E-state index contributed by atoms with van der Waals surface area (Å²) in [6.07, 6.45) is 0. The average Bonchev–Trinajstić information content (AvgIpc) is 2.85. The third-order valence-electron chi connectivity index (χ3n) is 4.71. The van der Waals surface area contributed by atoms with E-state index < -0.39 is 39.6 Å². The van der Waals surface area contributed by atoms with Gasteiger partial charge in [0.1, 0.15) is 36.3 Å². The highest BCUT2D eigenvalue weighted by Crippen LogP contribution is 2.31. The summed E-state index contributed by atoms with van der Waals surface area (Å²) >= 11 is 0. The van der Waals surface area contributed by atoms with Gasteiger partial charge in [0.25, 0.3) is 0 Å². The van der Waals surface area contributed by atoms with E-state index in [0.29, 0.717) is 6.07 Å². The monoisotopic (exact) mass is 500 g/mol. The van der Waals surface area contributed by atoms with Crippen LogP contribution >= 0.6 is 0 Å². The van der Waals surface area contributed by atoms with Gasteiger partial charge in [0, 0.05) is 24.3 Å². The molecule has 10 heteroatoms. The maximum Gasteiger partial charge on any atom is 0.346 e. The summed E-state index contributed by atoms with van der Waals surface area (Å²) in [5.41, 5.74) is 6.04. The Morgan fingerprint density at radius 1 is 0.694 bits per heavy atom. The topological polar surface area (TPSA) is 87.6 Å². The van der Waals surface area contributed by atoms with Gasteiger partial charge in [0.15, 0.2) is 5.82 Å². The van der Waals surface area contributed by atoms with Gasteiger partial charge in [-0.1, -0.05) is 60.7 Å². The van der Waals surface area contributed by atoms with Crippen molar-refractivity contribution in [3.63, 3.8) is 0 Å². The van der Waals surface area contributed by atoms with Crippen LogP contribution in [-0.2, 0) is 13.2 Å². The van der Waals surface area contributed by atoms with E-state index in [1.165, 1.54) is 0 Å². The minimum absolute atomic E-state index is 0.00935. The first-order chi connectivity index (χ1) is 17.2. The van der Waals surface area contributed by atoms with Crippen molar-refractivity contribution in [2.24, 2.45) is 0 Å². The second kappa shape index (κ2) is 12.2. The van der Waals surface area contributed by atoms with E-state index in [2.05, 4.69) is 0 Å². The second-order valence-corrected chi connectivity index (χ2v) is 7.34. The third kappa shape index (κ3) is 7.20. The quantitative estimate of drug-likeness (QED) is 0.134. The lowest BCUT2D eigenvalue weighted by Crippen LogP contribution is -2.02. The van der Waals surface area contributed by atoms with Gasteiger partial charge in [0.2, 0.25) is 11.6 Å². The Labute approximate surface area is 203 Å². The van der Waals surface area contributed by atoms with E-state index in [9.17, 15) is 27.7 Å². The normalized spacial score (nSPS) is 10.2. The predicted octanol–water partition coefficient (Wildman–Crippen LogP) is 6.58. The average molecular weight is 500 g/mol. The Balaban J connectivity index is 0.000000202. The molecule has 2 N–H and O–H groups in total. The molecule has 0 aliphatic heterocycles. The molecule has 36 heavy (non-hydrogen) atoms. The number of ether oxygens (including phenoxy) is 2. The minimum atomic E-state index is -1.26. The zero-order valence-corrected chi connectivity index (χ0v) is 18.7. The highest BCUT2D eigenvalue weighted by atomic mass is 19.1. The molecule has 0 fully saturated rings. The van der Waals surface area contributed by atoms with Crippen molar-refractivity contribution < 1.29 is 32.0 Å². The molecule has 4 aromatic rings. The van der Waals surface area contributed by atoms with Crippen molar-refractivity contribution in [3.05, 3.63) is 129 Å². The molecule has 0 aliphatic rings. The number of hydrogen-bond acceptors (Lipinski definition) is 5. The van der Waals surface area contributed by atoms with Gasteiger partial charge in [-0.2, -0.15) is 4.39 Å². The fourth-order valence-corrected chi connectivity index (χ4v) is 2.98. The van der Waals surface area contributed by atoms with Crippen LogP contribution in [0.2, 0.25) is 0 Å². The SMILES string of the molecule is Nc1c(F)cc(F)cc1OCc1ccccc1.O=[N+]([O-])c1c(F)cc(F)cc1OCc1ccccc1. The number of nitrogens with two attached hydrogens (primary N) is 1. The van der Waals surface area contributed by atoms with Gasteiger partial charge in [-0.05, 0) is 11.1 Å². The van der Waals surface area contributed by atoms with Gasteiger partial charge in [-0.15, -0.1) is 0 Å². The zero-order valence-electron chi connectivity index (χ0n) is 18.7. The molecule has 0 radical (unpaired) electrons. The van der Waals surface area contributed by atoms with E-state index >= 15 is 0 Å². The largest absolute Gasteiger partial charge is 0.487 e. The van der Waals surface area contributed by atoms with Gasteiger partial charge in [0.05, 0.1) is 4.92 Å². The Hall–Kier alpha value is -4.60. The molecular weight excluding hydrogens is 480 g/mol. The molecule has 0 saturated heterocycles. The second-order valence-electron chi connectivity index (χ2n) is 7.34. The summed E-state index contributed by atoms with van der Waals surface area (Å²) in [5.74, 6) is -4.11. The van der Waals surface area contributed by atoms with Crippen molar-refractivity contribution >= 4 is 11.4 Å². The van der Waals surface area contributed by atoms with Crippen LogP contribution < -0.4 is 15.2 Å². The van der Waals surface area contributed by atoms with E-state index in [1.807, 2.05) is 30.3 Å². The molecule has 0 heterocycles. The highest BCUT2D eigenvalue weighted by Gasteiger charge is 2.23. The molecule has 0 amide bonds. The molecule has 0 aromatic heterocycles. The first kappa shape index (κ1) is 26.0. The summed E-state index contributed by atoms with van der Waals surface area (Å²) in [4.78, 5) is 9.79. The molecule has 4 rings (SSSR count). The number of halogens is 4. The van der Waals surface area contributed by atoms with Gasteiger partial charge < -0.3 is 15.2 Å². The lowest BCUT2D eigenvalue weighted by Gasteiger charge is -2.09. The van der Waals surface area contributed by atoms with E-state index in [1.54, 1.807) is 30.3 Å². The van der Waals surface area contributed by atoms with Crippen molar-refractivity contribution in [2.45, 2.75) is 13.2 Å². The smallest absolute Gasteiger partial charge is 0.346 e. The molecular formula is C26H20F4N2O4. The molecule has 0 unspecified atom stereocenters. The maximum atomic E-state index is 13.3. The Morgan fingerprint density at radius 3 is 1.64 bits per heavy atom. The first-order valence-electron chi connectivity index (χ1n) is 10.5. The number of nitrogen functional groups attached to an aromatic ring is 1. The standard InChI is InChI=1S/C13H9F2NO3.C13H11F2NO/c14-10-6-11(15)13(16(17)18)12(7-10)19-8-9-4-2-1-3-5-9;14-10-6-11(15)13(16)12(7-10)17-8-9-4-2-1-3-5-9/h1-7H,8H2;1-7H,8,16H2. The minimum Gasteiger partial charge on any atom is -0.487 e. The fourth-order valence-electron chi connectivity index (χ4n) is 2.98. The van der Waals surface area contributed by atoms with Crippen molar-refractivity contribution in [1.82, 2.24) is 0 Å². The molecule has 0 saturated carbocycles. The number of anilines is 1. The van der Waals surface area contributed by atoms with Crippen LogP contribution in [0.25, 0.3) is 0 Å². The Morgan fingerprint density at radius 2 is 1.14 bits per heavy atom. The first-order valence-corrected chi connectivity index (χ1v) is 10.5. The van der Waals surface area contributed by atoms with Gasteiger partial charge in [-0.3, -0.25) is 10.1 Å². The highest BCUT2D eigenvalue weighted by molar-refractivity contribution is 5.53. The van der Waals surface area contributed by atoms with Crippen LogP contribution in [0.4, 0.5) is 28.9 Å². The number of nitrogens with zero attached hydrogens (tertiary/aromatic N) is 1. The van der Waals surface area contributed by atoms with Crippen LogP contribution in [0.15, 0.2) is 84.9 Å². The van der Waals surface area contributed by atoms with Crippen LogP contribution in [0.3, 0.4) is 0 Å². The summed E-state index contributed by atoms with van der Waals surface area (Å²) in [6, 6.07) is 21.1. The number of nitro groups is 1. The lowest BCUT2D eigenvalue weighted by atomic mass is 10.2. The molecule has 0 spiro atoms. The maximum absolute atomic E-state index is 13.3. The summed E-state index contributed by atoms with van der Waals surface area (Å²) < 4.78 is 62.9. The number of nitro benzene ring substituents is 1.